The van der Waals surface area contributed by atoms with Gasteiger partial charge in [0.2, 0.25) is 5.95 Å². The van der Waals surface area contributed by atoms with Crippen LogP contribution in [-0.2, 0) is 12.4 Å². The molecule has 0 N–H and O–H groups in total. The van der Waals surface area contributed by atoms with Crippen LogP contribution in [-0.4, -0.2) is 17.0 Å². The Morgan fingerprint density at radius 2 is 1.72 bits per heavy atom. The van der Waals surface area contributed by atoms with Crippen LogP contribution >= 0.6 is 11.6 Å². The van der Waals surface area contributed by atoms with E-state index in [9.17, 15) is 4.39 Å². The Balaban J connectivity index is 2.06. The fraction of sp³-hybridized carbons (Fsp3) is 0.231. The van der Waals surface area contributed by atoms with Crippen molar-refractivity contribution in [3.63, 3.8) is 0 Å². The third-order valence-corrected chi connectivity index (χ3v) is 2.83. The molecule has 0 atom stereocenters. The van der Waals surface area contributed by atoms with Crippen molar-refractivity contribution in [1.82, 2.24) is 9.97 Å². The molecule has 0 fully saturated rings. The van der Waals surface area contributed by atoms with Gasteiger partial charge in [0.05, 0.1) is 5.88 Å². The lowest BCUT2D eigenvalue weighted by Gasteiger charge is -2.16. The molecular weight excluding hydrogens is 253 g/mol. The highest BCUT2D eigenvalue weighted by atomic mass is 35.5. The lowest BCUT2D eigenvalue weighted by atomic mass is 10.2. The maximum atomic E-state index is 12.8. The van der Waals surface area contributed by atoms with Crippen LogP contribution in [0.5, 0.6) is 0 Å². The van der Waals surface area contributed by atoms with Gasteiger partial charge in [-0.05, 0) is 17.7 Å². The summed E-state index contributed by atoms with van der Waals surface area (Å²) in [6, 6.07) is 6.39. The van der Waals surface area contributed by atoms with E-state index in [-0.39, 0.29) is 5.82 Å². The minimum absolute atomic E-state index is 0.232. The van der Waals surface area contributed by atoms with E-state index < -0.39 is 0 Å². The molecule has 0 aliphatic rings. The second-order valence-electron chi connectivity index (χ2n) is 4.01. The van der Waals surface area contributed by atoms with Crippen molar-refractivity contribution in [2.45, 2.75) is 12.4 Å². The zero-order valence-corrected chi connectivity index (χ0v) is 10.7. The van der Waals surface area contributed by atoms with Gasteiger partial charge in [-0.1, -0.05) is 12.1 Å². The minimum Gasteiger partial charge on any atom is -0.340 e. The highest BCUT2D eigenvalue weighted by Gasteiger charge is 2.05. The van der Waals surface area contributed by atoms with Gasteiger partial charge in [-0.2, -0.15) is 0 Å². The van der Waals surface area contributed by atoms with Gasteiger partial charge >= 0.3 is 0 Å². The van der Waals surface area contributed by atoms with Crippen molar-refractivity contribution in [1.29, 1.82) is 0 Å². The quantitative estimate of drug-likeness (QED) is 0.796. The Labute approximate surface area is 110 Å². The molecule has 18 heavy (non-hydrogen) atoms. The highest BCUT2D eigenvalue weighted by molar-refractivity contribution is 6.17. The van der Waals surface area contributed by atoms with Crippen molar-refractivity contribution < 1.29 is 4.39 Å². The summed E-state index contributed by atoms with van der Waals surface area (Å²) in [5, 5.41) is 0. The SMILES string of the molecule is CN(Cc1ccc(F)cc1)c1ncc(CCl)cn1. The van der Waals surface area contributed by atoms with E-state index in [4.69, 9.17) is 11.6 Å². The number of aromatic nitrogens is 2. The fourth-order valence-corrected chi connectivity index (χ4v) is 1.69. The van der Waals surface area contributed by atoms with Crippen molar-refractivity contribution in [3.8, 4) is 0 Å². The minimum atomic E-state index is -0.232. The predicted octanol–water partition coefficient (Wildman–Crippen LogP) is 2.99. The lowest BCUT2D eigenvalue weighted by molar-refractivity contribution is 0.627. The Morgan fingerprint density at radius 1 is 1.11 bits per heavy atom. The summed E-state index contributed by atoms with van der Waals surface area (Å²) < 4.78 is 12.8. The third-order valence-electron chi connectivity index (χ3n) is 2.52. The molecule has 1 aromatic heterocycles. The molecule has 0 aliphatic carbocycles. The maximum Gasteiger partial charge on any atom is 0.225 e. The summed E-state index contributed by atoms with van der Waals surface area (Å²) in [5.74, 6) is 0.791. The first-order chi connectivity index (χ1) is 8.69. The Hall–Kier alpha value is -1.68. The average molecular weight is 266 g/mol. The third kappa shape index (κ3) is 3.17. The number of alkyl halides is 1. The van der Waals surface area contributed by atoms with E-state index in [2.05, 4.69) is 9.97 Å². The molecule has 3 nitrogen and oxygen atoms in total. The van der Waals surface area contributed by atoms with Gasteiger partial charge in [-0.3, -0.25) is 0 Å². The first kappa shape index (κ1) is 12.8. The Bertz CT molecular complexity index is 499. The second-order valence-corrected chi connectivity index (χ2v) is 4.27. The van der Waals surface area contributed by atoms with Crippen LogP contribution in [0.3, 0.4) is 0 Å². The van der Waals surface area contributed by atoms with Crippen LogP contribution in [0.2, 0.25) is 0 Å². The van der Waals surface area contributed by atoms with Crippen LogP contribution in [0.1, 0.15) is 11.1 Å². The molecule has 0 bridgehead atoms. The molecule has 0 spiro atoms. The molecule has 2 rings (SSSR count). The molecular formula is C13H13ClFN3. The first-order valence-electron chi connectivity index (χ1n) is 5.51. The van der Waals surface area contributed by atoms with E-state index >= 15 is 0 Å². The maximum absolute atomic E-state index is 12.8. The summed E-state index contributed by atoms with van der Waals surface area (Å²) in [4.78, 5) is 10.3. The van der Waals surface area contributed by atoms with Gasteiger partial charge in [-0.25, -0.2) is 14.4 Å². The van der Waals surface area contributed by atoms with E-state index in [1.165, 1.54) is 12.1 Å². The van der Waals surface area contributed by atoms with Crippen molar-refractivity contribution >= 4 is 17.5 Å². The molecule has 0 aliphatic heterocycles. The number of nitrogens with zero attached hydrogens (tertiary/aromatic N) is 3. The second kappa shape index (κ2) is 5.78. The molecule has 94 valence electrons. The van der Waals surface area contributed by atoms with Gasteiger partial charge in [0, 0.05) is 31.5 Å². The highest BCUT2D eigenvalue weighted by Crippen LogP contribution is 2.11. The number of hydrogen-bond acceptors (Lipinski definition) is 3. The van der Waals surface area contributed by atoms with E-state index in [0.717, 1.165) is 11.1 Å². The summed E-state index contributed by atoms with van der Waals surface area (Å²) in [5.41, 5.74) is 1.89. The van der Waals surface area contributed by atoms with Gasteiger partial charge < -0.3 is 4.90 Å². The fourth-order valence-electron chi connectivity index (χ4n) is 1.55. The molecule has 0 saturated carbocycles. The van der Waals surface area contributed by atoms with Gasteiger partial charge in [0.15, 0.2) is 0 Å². The predicted molar refractivity (Wildman–Crippen MR) is 70.1 cm³/mol. The Morgan fingerprint density at radius 3 is 2.28 bits per heavy atom. The van der Waals surface area contributed by atoms with Crippen LogP contribution in [0, 0.1) is 5.82 Å². The topological polar surface area (TPSA) is 29.0 Å². The number of rotatable bonds is 4. The normalized spacial score (nSPS) is 10.4. The number of hydrogen-bond donors (Lipinski definition) is 0. The average Bonchev–Trinajstić information content (AvgIpc) is 2.41. The van der Waals surface area contributed by atoms with Gasteiger partial charge in [0.25, 0.3) is 0 Å². The van der Waals surface area contributed by atoms with Crippen LogP contribution in [0.25, 0.3) is 0 Å². The van der Waals surface area contributed by atoms with Crippen LogP contribution in [0.15, 0.2) is 36.7 Å². The number of halogens is 2. The monoisotopic (exact) mass is 265 g/mol. The molecule has 0 saturated heterocycles. The van der Waals surface area contributed by atoms with Crippen LogP contribution < -0.4 is 4.90 Å². The van der Waals surface area contributed by atoms with Gasteiger partial charge in [0.1, 0.15) is 5.82 Å². The Kier molecular flexibility index (Phi) is 4.10. The standard InChI is InChI=1S/C13H13ClFN3/c1-18(9-10-2-4-12(15)5-3-10)13-16-7-11(6-14)8-17-13/h2-5,7-8H,6,9H2,1H3. The molecule has 0 amide bonds. The molecule has 5 heteroatoms. The summed E-state index contributed by atoms with van der Waals surface area (Å²) >= 11 is 5.67. The van der Waals surface area contributed by atoms with Crippen molar-refractivity contribution in [3.05, 3.63) is 53.6 Å². The van der Waals surface area contributed by atoms with Gasteiger partial charge in [-0.15, -0.1) is 11.6 Å². The molecule has 1 aromatic carbocycles. The van der Waals surface area contributed by atoms with E-state index in [1.807, 2.05) is 11.9 Å². The zero-order chi connectivity index (χ0) is 13.0. The number of anilines is 1. The van der Waals surface area contributed by atoms with Crippen LogP contribution in [0.4, 0.5) is 10.3 Å². The van der Waals surface area contributed by atoms with Crippen molar-refractivity contribution in [2.24, 2.45) is 0 Å². The largest absolute Gasteiger partial charge is 0.340 e. The smallest absolute Gasteiger partial charge is 0.225 e. The molecule has 2 aromatic rings. The molecule has 1 heterocycles. The van der Waals surface area contributed by atoms with E-state index in [1.54, 1.807) is 24.5 Å². The summed E-state index contributed by atoms with van der Waals surface area (Å²) in [7, 11) is 1.89. The molecule has 0 unspecified atom stereocenters. The van der Waals surface area contributed by atoms with Crippen molar-refractivity contribution in [2.75, 3.05) is 11.9 Å². The number of benzene rings is 1. The van der Waals surface area contributed by atoms with E-state index in [0.29, 0.717) is 18.4 Å². The lowest BCUT2D eigenvalue weighted by Crippen LogP contribution is -2.19. The summed E-state index contributed by atoms with van der Waals surface area (Å²) in [6.07, 6.45) is 3.41. The zero-order valence-electron chi connectivity index (χ0n) is 9.98. The molecule has 0 radical (unpaired) electrons. The summed E-state index contributed by atoms with van der Waals surface area (Å²) in [6.45, 7) is 0.625. The first-order valence-corrected chi connectivity index (χ1v) is 6.05.